The fraction of sp³-hybridized carbons (Fsp3) is 0.579. The molecule has 0 radical (unpaired) electrons. The number of carbonyl (C=O) groups excluding carboxylic acids is 1. The number of nitrogens with one attached hydrogen (secondary N) is 1. The van der Waals surface area contributed by atoms with Crippen molar-refractivity contribution in [1.82, 2.24) is 0 Å². The highest BCUT2D eigenvalue weighted by atomic mass is 16.2. The maximum absolute atomic E-state index is 13.1. The van der Waals surface area contributed by atoms with E-state index in [1.165, 1.54) is 12.8 Å². The van der Waals surface area contributed by atoms with Crippen LogP contribution in [-0.2, 0) is 4.79 Å². The number of anilines is 1. The summed E-state index contributed by atoms with van der Waals surface area (Å²) < 4.78 is 0.965. The molecule has 4 heteroatoms. The van der Waals surface area contributed by atoms with Gasteiger partial charge in [0.1, 0.15) is 0 Å². The molecule has 1 saturated heterocycles. The van der Waals surface area contributed by atoms with E-state index in [0.717, 1.165) is 53.8 Å². The smallest absolute Gasteiger partial charge is 0.285 e. The zero-order valence-corrected chi connectivity index (χ0v) is 14.4. The average molecular weight is 312 g/mol. The van der Waals surface area contributed by atoms with E-state index in [2.05, 4.69) is 18.3 Å². The summed E-state index contributed by atoms with van der Waals surface area (Å²) >= 11 is 0. The molecule has 0 spiro atoms. The van der Waals surface area contributed by atoms with Gasteiger partial charge in [0.25, 0.3) is 5.91 Å². The number of likely N-dealkylation sites (N-methyl/N-ethyl adjacent to an activating group) is 1. The van der Waals surface area contributed by atoms with Crippen molar-refractivity contribution in [2.45, 2.75) is 52.0 Å². The molecule has 2 fully saturated rings. The first kappa shape index (κ1) is 16.0. The van der Waals surface area contributed by atoms with Crippen LogP contribution in [0.15, 0.2) is 12.1 Å². The molecule has 1 heterocycles. The SMILES string of the molecule is CC[N+]1(C2(C(=O)Nc3c(C)cc(C#N)cc3C)CC2)CCCC1. The highest BCUT2D eigenvalue weighted by molar-refractivity contribution is 6.00. The van der Waals surface area contributed by atoms with Gasteiger partial charge >= 0.3 is 0 Å². The minimum Gasteiger partial charge on any atom is -0.320 e. The van der Waals surface area contributed by atoms with Crippen LogP contribution in [0, 0.1) is 25.2 Å². The summed E-state index contributed by atoms with van der Waals surface area (Å²) in [5.41, 5.74) is 3.26. The predicted octanol–water partition coefficient (Wildman–Crippen LogP) is 3.28. The molecule has 1 amide bonds. The topological polar surface area (TPSA) is 52.9 Å². The van der Waals surface area contributed by atoms with Crippen molar-refractivity contribution in [3.63, 3.8) is 0 Å². The number of likely N-dealkylation sites (tertiary alicyclic amines) is 1. The van der Waals surface area contributed by atoms with Gasteiger partial charge in [0.2, 0.25) is 0 Å². The summed E-state index contributed by atoms with van der Waals surface area (Å²) in [7, 11) is 0. The van der Waals surface area contributed by atoms with Crippen LogP contribution in [0.2, 0.25) is 0 Å². The molecule has 2 aliphatic rings. The van der Waals surface area contributed by atoms with E-state index in [-0.39, 0.29) is 11.4 Å². The maximum atomic E-state index is 13.1. The van der Waals surface area contributed by atoms with Crippen molar-refractivity contribution in [1.29, 1.82) is 5.26 Å². The number of quaternary nitrogens is 1. The molecule has 0 atom stereocenters. The van der Waals surface area contributed by atoms with Gasteiger partial charge in [0.15, 0.2) is 5.54 Å². The zero-order chi connectivity index (χ0) is 16.7. The lowest BCUT2D eigenvalue weighted by molar-refractivity contribution is -0.940. The van der Waals surface area contributed by atoms with E-state index in [4.69, 9.17) is 5.26 Å². The first-order valence-electron chi connectivity index (χ1n) is 8.67. The molecule has 122 valence electrons. The molecule has 0 bridgehead atoms. The number of carbonyl (C=O) groups is 1. The Hall–Kier alpha value is -1.86. The molecule has 1 aromatic rings. The first-order valence-corrected chi connectivity index (χ1v) is 8.67. The Morgan fingerprint density at radius 3 is 2.26 bits per heavy atom. The number of hydrogen-bond donors (Lipinski definition) is 1. The van der Waals surface area contributed by atoms with Crippen LogP contribution in [0.25, 0.3) is 0 Å². The number of amides is 1. The number of nitriles is 1. The second kappa shape index (κ2) is 5.65. The number of hydrogen-bond acceptors (Lipinski definition) is 2. The van der Waals surface area contributed by atoms with E-state index >= 15 is 0 Å². The van der Waals surface area contributed by atoms with Gasteiger partial charge in [-0.3, -0.25) is 4.79 Å². The van der Waals surface area contributed by atoms with Crippen LogP contribution in [0.3, 0.4) is 0 Å². The lowest BCUT2D eigenvalue weighted by Gasteiger charge is -2.40. The number of rotatable bonds is 4. The van der Waals surface area contributed by atoms with E-state index in [9.17, 15) is 4.79 Å². The Bertz CT molecular complexity index is 653. The van der Waals surface area contributed by atoms with Gasteiger partial charge in [-0.2, -0.15) is 5.26 Å². The van der Waals surface area contributed by atoms with Gasteiger partial charge in [-0.15, -0.1) is 0 Å². The molecule has 1 aliphatic heterocycles. The molecule has 1 aliphatic carbocycles. The minimum absolute atomic E-state index is 0.178. The van der Waals surface area contributed by atoms with E-state index < -0.39 is 0 Å². The minimum atomic E-state index is -0.210. The van der Waals surface area contributed by atoms with E-state index in [1.54, 1.807) is 0 Å². The lowest BCUT2D eigenvalue weighted by Crippen LogP contribution is -2.60. The molecule has 1 N–H and O–H groups in total. The first-order chi connectivity index (χ1) is 11.0. The largest absolute Gasteiger partial charge is 0.320 e. The Morgan fingerprint density at radius 1 is 1.26 bits per heavy atom. The molecule has 3 rings (SSSR count). The highest BCUT2D eigenvalue weighted by Gasteiger charge is 2.65. The third kappa shape index (κ3) is 2.44. The Labute approximate surface area is 138 Å². The summed E-state index contributed by atoms with van der Waals surface area (Å²) in [4.78, 5) is 13.1. The van der Waals surface area contributed by atoms with E-state index in [0.29, 0.717) is 5.56 Å². The predicted molar refractivity (Wildman–Crippen MR) is 91.0 cm³/mol. The number of benzene rings is 1. The van der Waals surface area contributed by atoms with Crippen molar-refractivity contribution in [2.24, 2.45) is 0 Å². The summed E-state index contributed by atoms with van der Waals surface area (Å²) in [6.45, 7) is 9.45. The number of nitrogens with zero attached hydrogens (tertiary/aromatic N) is 2. The second-order valence-electron chi connectivity index (χ2n) is 7.20. The van der Waals surface area contributed by atoms with Gasteiger partial charge in [-0.05, 0) is 44.0 Å². The normalized spacial score (nSPS) is 20.8. The zero-order valence-electron chi connectivity index (χ0n) is 14.4. The quantitative estimate of drug-likeness (QED) is 0.868. The standard InChI is InChI=1S/C19H25N3O/c1-4-22(9-5-6-10-22)19(7-8-19)18(23)21-17-14(2)11-16(13-20)12-15(17)3/h11-12H,4-10H2,1-3H3/p+1. The molecular formula is C19H26N3O+. The third-order valence-electron chi connectivity index (χ3n) is 5.98. The molecule has 0 unspecified atom stereocenters. The summed E-state index contributed by atoms with van der Waals surface area (Å²) in [5, 5.41) is 12.3. The number of aryl methyl sites for hydroxylation is 2. The molecular weight excluding hydrogens is 286 g/mol. The molecule has 1 saturated carbocycles. The highest BCUT2D eigenvalue weighted by Crippen LogP contribution is 2.50. The molecule has 0 aromatic heterocycles. The fourth-order valence-corrected chi connectivity index (χ4v) is 4.48. The van der Waals surface area contributed by atoms with Crippen LogP contribution in [0.1, 0.15) is 49.3 Å². The van der Waals surface area contributed by atoms with Gasteiger partial charge in [-0.25, -0.2) is 0 Å². The van der Waals surface area contributed by atoms with Gasteiger partial charge < -0.3 is 9.80 Å². The van der Waals surface area contributed by atoms with Crippen LogP contribution in [0.4, 0.5) is 5.69 Å². The average Bonchev–Trinajstić information content (AvgIpc) is 3.22. The van der Waals surface area contributed by atoms with Crippen LogP contribution < -0.4 is 5.32 Å². The molecule has 4 nitrogen and oxygen atoms in total. The van der Waals surface area contributed by atoms with Crippen molar-refractivity contribution in [3.05, 3.63) is 28.8 Å². The Kier molecular flexibility index (Phi) is 3.93. The van der Waals surface area contributed by atoms with Crippen LogP contribution >= 0.6 is 0 Å². The Balaban J connectivity index is 1.87. The van der Waals surface area contributed by atoms with Crippen molar-refractivity contribution >= 4 is 11.6 Å². The molecule has 1 aromatic carbocycles. The van der Waals surface area contributed by atoms with Crippen LogP contribution in [-0.4, -0.2) is 35.6 Å². The van der Waals surface area contributed by atoms with Crippen molar-refractivity contribution < 1.29 is 9.28 Å². The third-order valence-corrected chi connectivity index (χ3v) is 5.98. The molecule has 23 heavy (non-hydrogen) atoms. The van der Waals surface area contributed by atoms with Crippen molar-refractivity contribution in [3.8, 4) is 6.07 Å². The Morgan fingerprint density at radius 2 is 1.83 bits per heavy atom. The fourth-order valence-electron chi connectivity index (χ4n) is 4.48. The summed E-state index contributed by atoms with van der Waals surface area (Å²) in [6, 6.07) is 5.87. The maximum Gasteiger partial charge on any atom is 0.285 e. The van der Waals surface area contributed by atoms with Crippen molar-refractivity contribution in [2.75, 3.05) is 25.0 Å². The van der Waals surface area contributed by atoms with Gasteiger partial charge in [0, 0.05) is 31.4 Å². The van der Waals surface area contributed by atoms with E-state index in [1.807, 2.05) is 26.0 Å². The van der Waals surface area contributed by atoms with Gasteiger partial charge in [0.05, 0.1) is 31.3 Å². The lowest BCUT2D eigenvalue weighted by atomic mass is 10.0. The summed E-state index contributed by atoms with van der Waals surface area (Å²) in [6.07, 6.45) is 4.47. The monoisotopic (exact) mass is 312 g/mol. The summed E-state index contributed by atoms with van der Waals surface area (Å²) in [5.74, 6) is 0.178. The van der Waals surface area contributed by atoms with Gasteiger partial charge in [-0.1, -0.05) is 0 Å². The van der Waals surface area contributed by atoms with Crippen LogP contribution in [0.5, 0.6) is 0 Å². The second-order valence-corrected chi connectivity index (χ2v) is 7.20.